The monoisotopic (exact) mass is 368 g/mol. The normalized spacial score (nSPS) is 15.6. The molecule has 0 atom stereocenters. The van der Waals surface area contributed by atoms with Gasteiger partial charge in [-0.2, -0.15) is 0 Å². The van der Waals surface area contributed by atoms with Gasteiger partial charge in [0.2, 0.25) is 5.91 Å². The van der Waals surface area contributed by atoms with Crippen LogP contribution in [0.25, 0.3) is 0 Å². The van der Waals surface area contributed by atoms with Crippen molar-refractivity contribution in [1.29, 1.82) is 0 Å². The lowest BCUT2D eigenvalue weighted by Gasteiger charge is -2.37. The molecular formula is C21H24N2O4. The van der Waals surface area contributed by atoms with Gasteiger partial charge in [0.05, 0.1) is 6.42 Å². The van der Waals surface area contributed by atoms with Crippen molar-refractivity contribution in [1.82, 2.24) is 10.8 Å². The Morgan fingerprint density at radius 1 is 0.926 bits per heavy atom. The van der Waals surface area contributed by atoms with Crippen LogP contribution in [0.4, 0.5) is 0 Å². The lowest BCUT2D eigenvalue weighted by Crippen LogP contribution is -2.52. The average molecular weight is 368 g/mol. The largest absolute Gasteiger partial charge is 0.457 e. The van der Waals surface area contributed by atoms with E-state index in [9.17, 15) is 9.59 Å². The van der Waals surface area contributed by atoms with Crippen LogP contribution in [-0.2, 0) is 4.79 Å². The number of benzene rings is 2. The second-order valence-corrected chi connectivity index (χ2v) is 6.95. The summed E-state index contributed by atoms with van der Waals surface area (Å²) in [7, 11) is 0. The molecular weight excluding hydrogens is 344 g/mol. The molecule has 2 aromatic carbocycles. The fourth-order valence-corrected chi connectivity index (χ4v) is 3.53. The highest BCUT2D eigenvalue weighted by Gasteiger charge is 2.36. The molecule has 0 saturated heterocycles. The summed E-state index contributed by atoms with van der Waals surface area (Å²) in [6.45, 7) is 0. The SMILES string of the molecule is O=C(CC1(NC(=O)c2ccc(Oc3ccccc3)cc2)CCCCC1)NO. The quantitative estimate of drug-likeness (QED) is 0.534. The van der Waals surface area contributed by atoms with Crippen molar-refractivity contribution in [3.8, 4) is 11.5 Å². The fraction of sp³-hybridized carbons (Fsp3) is 0.333. The molecule has 1 aliphatic rings. The molecule has 2 amide bonds. The molecule has 3 N–H and O–H groups in total. The number of ether oxygens (including phenoxy) is 1. The lowest BCUT2D eigenvalue weighted by atomic mass is 9.79. The van der Waals surface area contributed by atoms with Gasteiger partial charge in [0.15, 0.2) is 0 Å². The maximum atomic E-state index is 12.7. The Morgan fingerprint density at radius 2 is 1.56 bits per heavy atom. The number of carbonyl (C=O) groups excluding carboxylic acids is 2. The summed E-state index contributed by atoms with van der Waals surface area (Å²) < 4.78 is 5.74. The molecule has 0 heterocycles. The Labute approximate surface area is 158 Å². The molecule has 0 aromatic heterocycles. The summed E-state index contributed by atoms with van der Waals surface area (Å²) in [5, 5.41) is 11.9. The molecule has 1 saturated carbocycles. The van der Waals surface area contributed by atoms with Crippen LogP contribution < -0.4 is 15.5 Å². The smallest absolute Gasteiger partial charge is 0.251 e. The number of hydroxylamine groups is 1. The zero-order valence-electron chi connectivity index (χ0n) is 15.1. The Balaban J connectivity index is 1.67. The number of rotatable bonds is 6. The van der Waals surface area contributed by atoms with Crippen molar-refractivity contribution >= 4 is 11.8 Å². The first-order chi connectivity index (χ1) is 13.1. The fourth-order valence-electron chi connectivity index (χ4n) is 3.53. The van der Waals surface area contributed by atoms with Crippen LogP contribution in [0.1, 0.15) is 48.9 Å². The Bertz CT molecular complexity index is 769. The molecule has 0 spiro atoms. The number of amides is 2. The van der Waals surface area contributed by atoms with Gasteiger partial charge in [0.25, 0.3) is 5.91 Å². The van der Waals surface area contributed by atoms with Crippen molar-refractivity contribution in [3.63, 3.8) is 0 Å². The van der Waals surface area contributed by atoms with Gasteiger partial charge in [-0.1, -0.05) is 37.5 Å². The molecule has 1 aliphatic carbocycles. The predicted molar refractivity (Wildman–Crippen MR) is 101 cm³/mol. The molecule has 1 fully saturated rings. The van der Waals surface area contributed by atoms with Gasteiger partial charge in [0.1, 0.15) is 11.5 Å². The van der Waals surface area contributed by atoms with Gasteiger partial charge in [-0.05, 0) is 49.2 Å². The van der Waals surface area contributed by atoms with Crippen molar-refractivity contribution in [2.24, 2.45) is 0 Å². The molecule has 0 radical (unpaired) electrons. The van der Waals surface area contributed by atoms with E-state index in [1.54, 1.807) is 29.7 Å². The minimum absolute atomic E-state index is 0.0739. The average Bonchev–Trinajstić information content (AvgIpc) is 2.69. The third-order valence-corrected chi connectivity index (χ3v) is 4.91. The van der Waals surface area contributed by atoms with E-state index in [1.165, 1.54) is 0 Å². The van der Waals surface area contributed by atoms with E-state index in [-0.39, 0.29) is 12.3 Å². The first-order valence-electron chi connectivity index (χ1n) is 9.19. The Hall–Kier alpha value is -2.86. The molecule has 0 bridgehead atoms. The van der Waals surface area contributed by atoms with Crippen molar-refractivity contribution in [2.75, 3.05) is 0 Å². The zero-order valence-corrected chi connectivity index (χ0v) is 15.1. The molecule has 0 unspecified atom stereocenters. The van der Waals surface area contributed by atoms with E-state index < -0.39 is 11.4 Å². The van der Waals surface area contributed by atoms with E-state index in [0.717, 1.165) is 37.9 Å². The van der Waals surface area contributed by atoms with E-state index >= 15 is 0 Å². The molecule has 3 rings (SSSR count). The lowest BCUT2D eigenvalue weighted by molar-refractivity contribution is -0.131. The molecule has 6 heteroatoms. The zero-order chi connectivity index (χ0) is 19.1. The maximum Gasteiger partial charge on any atom is 0.251 e. The molecule has 2 aromatic rings. The summed E-state index contributed by atoms with van der Waals surface area (Å²) in [4.78, 5) is 24.4. The minimum atomic E-state index is -0.610. The molecule has 0 aliphatic heterocycles. The molecule has 142 valence electrons. The highest BCUT2D eigenvalue weighted by Crippen LogP contribution is 2.31. The van der Waals surface area contributed by atoms with Crippen LogP contribution >= 0.6 is 0 Å². The van der Waals surface area contributed by atoms with E-state index in [1.807, 2.05) is 30.3 Å². The van der Waals surface area contributed by atoms with Crippen molar-refractivity contribution < 1.29 is 19.5 Å². The number of carbonyl (C=O) groups is 2. The Morgan fingerprint density at radius 3 is 2.19 bits per heavy atom. The molecule has 27 heavy (non-hydrogen) atoms. The maximum absolute atomic E-state index is 12.7. The second-order valence-electron chi connectivity index (χ2n) is 6.95. The van der Waals surface area contributed by atoms with Crippen LogP contribution in [-0.4, -0.2) is 22.6 Å². The van der Waals surface area contributed by atoms with Gasteiger partial charge in [0, 0.05) is 11.1 Å². The van der Waals surface area contributed by atoms with Crippen molar-refractivity contribution in [2.45, 2.75) is 44.1 Å². The topological polar surface area (TPSA) is 87.7 Å². The van der Waals surface area contributed by atoms with Gasteiger partial charge in [-0.3, -0.25) is 14.8 Å². The van der Waals surface area contributed by atoms with Gasteiger partial charge < -0.3 is 10.1 Å². The standard InChI is InChI=1S/C21H24N2O4/c24-19(23-26)15-21(13-5-2-6-14-21)22-20(25)16-9-11-18(12-10-16)27-17-7-3-1-4-8-17/h1,3-4,7-12,26H,2,5-6,13-15H2,(H,22,25)(H,23,24). The highest BCUT2D eigenvalue weighted by molar-refractivity contribution is 5.95. The van der Waals surface area contributed by atoms with Crippen molar-refractivity contribution in [3.05, 3.63) is 60.2 Å². The van der Waals surface area contributed by atoms with Crippen LogP contribution in [0.5, 0.6) is 11.5 Å². The predicted octanol–water partition coefficient (Wildman–Crippen LogP) is 3.81. The van der Waals surface area contributed by atoms with Crippen LogP contribution in [0.3, 0.4) is 0 Å². The van der Waals surface area contributed by atoms with Gasteiger partial charge in [-0.15, -0.1) is 0 Å². The summed E-state index contributed by atoms with van der Waals surface area (Å²) in [6, 6.07) is 16.3. The van der Waals surface area contributed by atoms with E-state index in [2.05, 4.69) is 5.32 Å². The third kappa shape index (κ3) is 5.08. The summed E-state index contributed by atoms with van der Waals surface area (Å²) in [6.07, 6.45) is 4.50. The second kappa shape index (κ2) is 8.68. The third-order valence-electron chi connectivity index (χ3n) is 4.91. The van der Waals surface area contributed by atoms with Gasteiger partial charge in [-0.25, -0.2) is 5.48 Å². The van der Waals surface area contributed by atoms with E-state index in [0.29, 0.717) is 11.3 Å². The highest BCUT2D eigenvalue weighted by atomic mass is 16.5. The number of hydrogen-bond donors (Lipinski definition) is 3. The Kier molecular flexibility index (Phi) is 6.08. The summed E-state index contributed by atoms with van der Waals surface area (Å²) in [5.74, 6) is 0.661. The van der Waals surface area contributed by atoms with Crippen LogP contribution in [0.15, 0.2) is 54.6 Å². The first-order valence-corrected chi connectivity index (χ1v) is 9.19. The van der Waals surface area contributed by atoms with Crippen LogP contribution in [0.2, 0.25) is 0 Å². The number of hydrogen-bond acceptors (Lipinski definition) is 4. The number of nitrogens with one attached hydrogen (secondary N) is 2. The van der Waals surface area contributed by atoms with Crippen LogP contribution in [0, 0.1) is 0 Å². The number of para-hydroxylation sites is 1. The van der Waals surface area contributed by atoms with Gasteiger partial charge >= 0.3 is 0 Å². The summed E-state index contributed by atoms with van der Waals surface area (Å²) in [5.41, 5.74) is 1.57. The van der Waals surface area contributed by atoms with E-state index in [4.69, 9.17) is 9.94 Å². The summed E-state index contributed by atoms with van der Waals surface area (Å²) >= 11 is 0. The molecule has 6 nitrogen and oxygen atoms in total. The first kappa shape index (κ1) is 18.9. The minimum Gasteiger partial charge on any atom is -0.457 e.